The zero-order valence-electron chi connectivity index (χ0n) is 19.8. The van der Waals surface area contributed by atoms with E-state index in [-0.39, 0.29) is 18.0 Å². The van der Waals surface area contributed by atoms with Crippen LogP contribution in [0, 0.1) is 0 Å². The fraction of sp³-hybridized carbons (Fsp3) is 0.0667. The number of halogens is 1. The average molecular weight is 510 g/mol. The summed E-state index contributed by atoms with van der Waals surface area (Å²) in [5.74, 6) is -1.01. The molecule has 1 aromatic heterocycles. The highest BCUT2D eigenvalue weighted by Gasteiger charge is 2.21. The van der Waals surface area contributed by atoms with Crippen LogP contribution in [0.2, 0.25) is 0 Å². The van der Waals surface area contributed by atoms with Crippen LogP contribution in [-0.4, -0.2) is 11.8 Å². The molecule has 0 radical (unpaired) electrons. The second kappa shape index (κ2) is 10.6. The van der Waals surface area contributed by atoms with Crippen LogP contribution in [0.1, 0.15) is 27.0 Å². The van der Waals surface area contributed by atoms with E-state index in [0.29, 0.717) is 21.0 Å². The third-order valence-corrected chi connectivity index (χ3v) is 7.11. The Kier molecular flexibility index (Phi) is 6.96. The van der Waals surface area contributed by atoms with Gasteiger partial charge in [-0.05, 0) is 51.9 Å². The van der Waals surface area contributed by atoms with Gasteiger partial charge in [0.15, 0.2) is 0 Å². The van der Waals surface area contributed by atoms with Crippen LogP contribution in [0.3, 0.4) is 0 Å². The van der Waals surface area contributed by atoms with E-state index in [4.69, 9.17) is 5.73 Å². The minimum Gasteiger partial charge on any atom is -0.397 e. The molecule has 0 bridgehead atoms. The highest BCUT2D eigenvalue weighted by atomic mass is 32.1. The van der Waals surface area contributed by atoms with Crippen LogP contribution in [0.5, 0.6) is 0 Å². The first-order valence-electron chi connectivity index (χ1n) is 11.7. The number of fused-ring (bicyclic) bond motifs is 1. The average Bonchev–Trinajstić information content (AvgIpc) is 3.37. The molecule has 0 aliphatic carbocycles. The maximum absolute atomic E-state index is 14.9. The SMILES string of the molecule is Nc1ccc(-c2ccccc2)cc1NC(=O)c1cc2ccc(C(F)C(=O)NCc3ccccc3)cc2s1. The number of nitrogen functional groups attached to an aromatic ring is 1. The fourth-order valence-corrected chi connectivity index (χ4v) is 5.01. The van der Waals surface area contributed by atoms with Crippen molar-refractivity contribution >= 4 is 44.6 Å². The first kappa shape index (κ1) is 24.2. The van der Waals surface area contributed by atoms with E-state index in [2.05, 4.69) is 10.6 Å². The number of hydrogen-bond donors (Lipinski definition) is 3. The molecule has 5 aromatic rings. The Labute approximate surface area is 217 Å². The van der Waals surface area contributed by atoms with Gasteiger partial charge in [-0.25, -0.2) is 4.39 Å². The number of alkyl halides is 1. The Balaban J connectivity index is 1.30. The van der Waals surface area contributed by atoms with Gasteiger partial charge >= 0.3 is 0 Å². The highest BCUT2D eigenvalue weighted by molar-refractivity contribution is 7.20. The van der Waals surface area contributed by atoms with Crippen molar-refractivity contribution in [2.24, 2.45) is 0 Å². The van der Waals surface area contributed by atoms with Crippen molar-refractivity contribution in [1.29, 1.82) is 0 Å². The lowest BCUT2D eigenvalue weighted by Crippen LogP contribution is -2.26. The molecule has 184 valence electrons. The molecule has 4 N–H and O–H groups in total. The van der Waals surface area contributed by atoms with Crippen molar-refractivity contribution in [3.8, 4) is 11.1 Å². The topological polar surface area (TPSA) is 84.2 Å². The van der Waals surface area contributed by atoms with Crippen LogP contribution in [0.4, 0.5) is 15.8 Å². The lowest BCUT2D eigenvalue weighted by Gasteiger charge is -2.10. The van der Waals surface area contributed by atoms with Crippen molar-refractivity contribution < 1.29 is 14.0 Å². The zero-order valence-corrected chi connectivity index (χ0v) is 20.6. The summed E-state index contributed by atoms with van der Waals surface area (Å²) in [7, 11) is 0. The molecule has 0 spiro atoms. The van der Waals surface area contributed by atoms with Crippen LogP contribution in [0.15, 0.2) is 103 Å². The van der Waals surface area contributed by atoms with Crippen molar-refractivity contribution in [3.05, 3.63) is 119 Å². The maximum Gasteiger partial charge on any atom is 0.265 e. The third kappa shape index (κ3) is 5.52. The molecule has 0 saturated carbocycles. The second-order valence-electron chi connectivity index (χ2n) is 8.60. The van der Waals surface area contributed by atoms with Gasteiger partial charge in [0.05, 0.1) is 16.3 Å². The van der Waals surface area contributed by atoms with Gasteiger partial charge in [0, 0.05) is 11.2 Å². The monoisotopic (exact) mass is 509 g/mol. The van der Waals surface area contributed by atoms with Gasteiger partial charge in [-0.3, -0.25) is 9.59 Å². The Hall–Kier alpha value is -4.49. The predicted molar refractivity (Wildman–Crippen MR) is 148 cm³/mol. The number of anilines is 2. The molecule has 4 aromatic carbocycles. The number of hydrogen-bond acceptors (Lipinski definition) is 4. The third-order valence-electron chi connectivity index (χ3n) is 6.01. The van der Waals surface area contributed by atoms with Crippen LogP contribution < -0.4 is 16.4 Å². The summed E-state index contributed by atoms with van der Waals surface area (Å²) >= 11 is 1.23. The van der Waals surface area contributed by atoms with E-state index in [1.165, 1.54) is 11.3 Å². The van der Waals surface area contributed by atoms with Crippen molar-refractivity contribution in [1.82, 2.24) is 5.32 Å². The number of amides is 2. The van der Waals surface area contributed by atoms with Crippen LogP contribution in [0.25, 0.3) is 21.2 Å². The Morgan fingerprint density at radius 2 is 1.57 bits per heavy atom. The molecule has 1 heterocycles. The molecule has 5 nitrogen and oxygen atoms in total. The molecular weight excluding hydrogens is 485 g/mol. The summed E-state index contributed by atoms with van der Waals surface area (Å²) in [6.45, 7) is 0.250. The molecule has 7 heteroatoms. The number of carbonyl (C=O) groups is 2. The molecule has 37 heavy (non-hydrogen) atoms. The zero-order chi connectivity index (χ0) is 25.8. The summed E-state index contributed by atoms with van der Waals surface area (Å²) in [4.78, 5) is 25.9. The number of rotatable bonds is 7. The minimum atomic E-state index is -1.81. The molecule has 0 aliphatic rings. The van der Waals surface area contributed by atoms with Gasteiger partial charge in [-0.2, -0.15) is 0 Å². The quantitative estimate of drug-likeness (QED) is 0.213. The van der Waals surface area contributed by atoms with E-state index in [1.54, 1.807) is 30.3 Å². The molecule has 1 atom stereocenters. The lowest BCUT2D eigenvalue weighted by molar-refractivity contribution is -0.126. The Morgan fingerprint density at radius 1 is 0.838 bits per heavy atom. The van der Waals surface area contributed by atoms with Gasteiger partial charge in [0.25, 0.3) is 11.8 Å². The first-order chi connectivity index (χ1) is 18.0. The summed E-state index contributed by atoms with van der Waals surface area (Å²) < 4.78 is 15.6. The molecule has 2 amide bonds. The van der Waals surface area contributed by atoms with Crippen LogP contribution in [-0.2, 0) is 11.3 Å². The Bertz CT molecular complexity index is 1570. The summed E-state index contributed by atoms with van der Waals surface area (Å²) in [5, 5.41) is 6.32. The number of carbonyl (C=O) groups excluding carboxylic acids is 2. The van der Waals surface area contributed by atoms with Gasteiger partial charge in [0.2, 0.25) is 6.17 Å². The lowest BCUT2D eigenvalue weighted by atomic mass is 10.0. The van der Waals surface area contributed by atoms with Gasteiger partial charge < -0.3 is 16.4 Å². The summed E-state index contributed by atoms with van der Waals surface area (Å²) in [6, 6.07) is 31.3. The smallest absolute Gasteiger partial charge is 0.265 e. The number of thiophene rings is 1. The van der Waals surface area contributed by atoms with E-state index < -0.39 is 12.1 Å². The predicted octanol–water partition coefficient (Wildman–Crippen LogP) is 6.73. The molecule has 0 saturated heterocycles. The van der Waals surface area contributed by atoms with E-state index >= 15 is 0 Å². The van der Waals surface area contributed by atoms with E-state index in [1.807, 2.05) is 72.8 Å². The fourth-order valence-electron chi connectivity index (χ4n) is 4.00. The summed E-state index contributed by atoms with van der Waals surface area (Å²) in [5.41, 5.74) is 10.2. The normalized spacial score (nSPS) is 11.7. The van der Waals surface area contributed by atoms with E-state index in [9.17, 15) is 14.0 Å². The molecular formula is C30H24FN3O2S. The number of benzene rings is 4. The second-order valence-corrected chi connectivity index (χ2v) is 9.68. The van der Waals surface area contributed by atoms with Gasteiger partial charge in [-0.1, -0.05) is 78.9 Å². The Morgan fingerprint density at radius 3 is 2.32 bits per heavy atom. The molecule has 0 fully saturated rings. The van der Waals surface area contributed by atoms with Crippen LogP contribution >= 0.6 is 11.3 Å². The molecule has 1 unspecified atom stereocenters. The minimum absolute atomic E-state index is 0.242. The van der Waals surface area contributed by atoms with Crippen molar-refractivity contribution in [2.75, 3.05) is 11.1 Å². The van der Waals surface area contributed by atoms with Gasteiger partial charge in [-0.15, -0.1) is 11.3 Å². The standard InChI is InChI=1S/C30H24FN3O2S/c31-28(30(36)33-18-19-7-3-1-4-8-19)23-12-11-22-16-27(37-26(22)17-23)29(35)34-25-15-21(13-14-24(25)32)20-9-5-2-6-10-20/h1-17,28H,18,32H2,(H,33,36)(H,34,35). The maximum atomic E-state index is 14.9. The van der Waals surface area contributed by atoms with Gasteiger partial charge in [0.1, 0.15) is 0 Å². The number of nitrogens with one attached hydrogen (secondary N) is 2. The largest absolute Gasteiger partial charge is 0.397 e. The van der Waals surface area contributed by atoms with Crippen molar-refractivity contribution in [2.45, 2.75) is 12.7 Å². The first-order valence-corrected chi connectivity index (χ1v) is 12.5. The van der Waals surface area contributed by atoms with E-state index in [0.717, 1.165) is 22.1 Å². The molecule has 0 aliphatic heterocycles. The molecule has 5 rings (SSSR count). The summed E-state index contributed by atoms with van der Waals surface area (Å²) in [6.07, 6.45) is -1.81. The highest BCUT2D eigenvalue weighted by Crippen LogP contribution is 2.32. The van der Waals surface area contributed by atoms with Crippen molar-refractivity contribution in [3.63, 3.8) is 0 Å². The number of nitrogens with two attached hydrogens (primary N) is 1.